The molecule has 174 valence electrons. The number of aromatic amines is 1. The lowest BCUT2D eigenvalue weighted by Gasteiger charge is -2.37. The molecule has 0 aliphatic heterocycles. The first kappa shape index (κ1) is 24.0. The average Bonchev–Trinajstić information content (AvgIpc) is 3.10. The molecular formula is C24H28F4N2O2. The van der Waals surface area contributed by atoms with E-state index in [-0.39, 0.29) is 11.7 Å². The zero-order valence-electron chi connectivity index (χ0n) is 18.6. The smallest absolute Gasteiger partial charge is 0.267 e. The lowest BCUT2D eigenvalue weighted by molar-refractivity contribution is -0.113. The Balaban J connectivity index is 1.93. The number of nitrogens with zero attached hydrogens (tertiary/aromatic N) is 1. The van der Waals surface area contributed by atoms with Gasteiger partial charge in [-0.2, -0.15) is 0 Å². The van der Waals surface area contributed by atoms with Crippen molar-refractivity contribution >= 4 is 11.0 Å². The zero-order chi connectivity index (χ0) is 23.7. The highest BCUT2D eigenvalue weighted by Gasteiger charge is 2.46. The van der Waals surface area contributed by atoms with Gasteiger partial charge in [-0.15, -0.1) is 0 Å². The molecule has 0 bridgehead atoms. The van der Waals surface area contributed by atoms with Gasteiger partial charge in [-0.25, -0.2) is 18.2 Å². The number of fused-ring (bicyclic) bond motifs is 1. The molecule has 3 rings (SSSR count). The summed E-state index contributed by atoms with van der Waals surface area (Å²) in [5, 5.41) is 11.0. The van der Waals surface area contributed by atoms with Gasteiger partial charge in [0.15, 0.2) is 0 Å². The van der Waals surface area contributed by atoms with E-state index in [9.17, 15) is 22.7 Å². The molecule has 4 nitrogen and oxygen atoms in total. The maximum Gasteiger partial charge on any atom is 0.267 e. The predicted octanol–water partition coefficient (Wildman–Crippen LogP) is 5.65. The number of nitrogens with one attached hydrogen (secondary N) is 1. The largest absolute Gasteiger partial charge is 0.475 e. The number of halogens is 4. The first-order valence-corrected chi connectivity index (χ1v) is 10.4. The van der Waals surface area contributed by atoms with E-state index in [2.05, 4.69) is 9.97 Å². The summed E-state index contributed by atoms with van der Waals surface area (Å²) in [6.07, 6.45) is -4.28. The molecule has 0 aliphatic carbocycles. The highest BCUT2D eigenvalue weighted by molar-refractivity contribution is 5.76. The summed E-state index contributed by atoms with van der Waals surface area (Å²) in [4.78, 5) is 7.33. The van der Waals surface area contributed by atoms with Gasteiger partial charge < -0.3 is 14.8 Å². The van der Waals surface area contributed by atoms with Gasteiger partial charge in [0.1, 0.15) is 11.4 Å². The van der Waals surface area contributed by atoms with Gasteiger partial charge in [-0.05, 0) is 62.6 Å². The van der Waals surface area contributed by atoms with E-state index in [4.69, 9.17) is 4.74 Å². The van der Waals surface area contributed by atoms with Crippen LogP contribution < -0.4 is 4.74 Å². The normalized spacial score (nSPS) is 15.8. The van der Waals surface area contributed by atoms with Gasteiger partial charge in [0.05, 0.1) is 23.8 Å². The van der Waals surface area contributed by atoms with Gasteiger partial charge in [0, 0.05) is 23.6 Å². The Morgan fingerprint density at radius 3 is 2.50 bits per heavy atom. The minimum atomic E-state index is -3.15. The van der Waals surface area contributed by atoms with Crippen molar-refractivity contribution in [1.29, 1.82) is 0 Å². The number of benzene rings is 1. The molecule has 2 N–H and O–H groups in total. The molecule has 8 heteroatoms. The molecule has 2 unspecified atom stereocenters. The molecule has 0 saturated heterocycles. The fourth-order valence-corrected chi connectivity index (χ4v) is 4.13. The van der Waals surface area contributed by atoms with E-state index in [1.807, 2.05) is 13.8 Å². The predicted molar refractivity (Wildman–Crippen MR) is 116 cm³/mol. The van der Waals surface area contributed by atoms with Crippen LogP contribution in [0.3, 0.4) is 0 Å². The average molecular weight is 452 g/mol. The van der Waals surface area contributed by atoms with Gasteiger partial charge in [0.25, 0.3) is 6.43 Å². The van der Waals surface area contributed by atoms with Crippen LogP contribution >= 0.6 is 0 Å². The van der Waals surface area contributed by atoms with E-state index in [0.717, 1.165) is 6.07 Å². The standard InChI is InChI=1S/C24H28F4N2O2/c1-14(2)32-21-8-7-19-20(30-21)10-17(29-19)11-24(31,22(27)28)12-23(4,13-25)18-9-16(26)6-5-15(18)3/h5-10,14,22,29,31H,11-13H2,1-4H3. The molecule has 0 fully saturated rings. The number of ether oxygens (including phenoxy) is 1. The summed E-state index contributed by atoms with van der Waals surface area (Å²) < 4.78 is 61.8. The molecule has 1 aromatic carbocycles. The number of aryl methyl sites for hydroxylation is 1. The number of alkyl halides is 3. The number of pyridine rings is 1. The number of hydrogen-bond donors (Lipinski definition) is 2. The number of hydrogen-bond acceptors (Lipinski definition) is 3. The van der Waals surface area contributed by atoms with Crippen LogP contribution in [0.4, 0.5) is 17.6 Å². The van der Waals surface area contributed by atoms with Gasteiger partial charge in [-0.1, -0.05) is 13.0 Å². The molecule has 2 heterocycles. The van der Waals surface area contributed by atoms with E-state index < -0.39 is 42.8 Å². The van der Waals surface area contributed by atoms with Crippen LogP contribution in [-0.4, -0.2) is 39.9 Å². The van der Waals surface area contributed by atoms with Crippen molar-refractivity contribution in [3.05, 3.63) is 59.0 Å². The zero-order valence-corrected chi connectivity index (χ0v) is 18.6. The van der Waals surface area contributed by atoms with Gasteiger partial charge in [0.2, 0.25) is 5.88 Å². The molecule has 3 aromatic rings. The van der Waals surface area contributed by atoms with Crippen molar-refractivity contribution in [1.82, 2.24) is 9.97 Å². The minimum Gasteiger partial charge on any atom is -0.475 e. The molecule has 0 radical (unpaired) electrons. The fraction of sp³-hybridized carbons (Fsp3) is 0.458. The van der Waals surface area contributed by atoms with Crippen molar-refractivity contribution in [3.8, 4) is 5.88 Å². The topological polar surface area (TPSA) is 58.1 Å². The van der Waals surface area contributed by atoms with Crippen LogP contribution in [0.2, 0.25) is 0 Å². The lowest BCUT2D eigenvalue weighted by atomic mass is 9.72. The number of rotatable bonds is 9. The Hall–Kier alpha value is -2.61. The molecule has 2 aromatic heterocycles. The van der Waals surface area contributed by atoms with Crippen molar-refractivity contribution in [2.45, 2.75) is 64.1 Å². The second-order valence-corrected chi connectivity index (χ2v) is 8.95. The molecule has 0 amide bonds. The minimum absolute atomic E-state index is 0.0769. The van der Waals surface area contributed by atoms with Crippen molar-refractivity contribution < 1.29 is 27.4 Å². The number of H-pyrrole nitrogens is 1. The van der Waals surface area contributed by atoms with Crippen LogP contribution in [0.25, 0.3) is 11.0 Å². The van der Waals surface area contributed by atoms with Crippen LogP contribution in [0.15, 0.2) is 36.4 Å². The molecular weight excluding hydrogens is 424 g/mol. The molecule has 0 saturated carbocycles. The first-order chi connectivity index (χ1) is 15.0. The van der Waals surface area contributed by atoms with Crippen LogP contribution in [0, 0.1) is 12.7 Å². The van der Waals surface area contributed by atoms with Crippen molar-refractivity contribution in [2.75, 3.05) is 6.67 Å². The highest BCUT2D eigenvalue weighted by Crippen LogP contribution is 2.39. The molecule has 0 spiro atoms. The van der Waals surface area contributed by atoms with Crippen LogP contribution in [0.1, 0.15) is 44.0 Å². The summed E-state index contributed by atoms with van der Waals surface area (Å²) in [5.74, 6) is -0.194. The summed E-state index contributed by atoms with van der Waals surface area (Å²) >= 11 is 0. The fourth-order valence-electron chi connectivity index (χ4n) is 4.13. The van der Waals surface area contributed by atoms with Gasteiger partial charge >= 0.3 is 0 Å². The number of aliphatic hydroxyl groups is 1. The molecule has 0 aliphatic rings. The first-order valence-electron chi connectivity index (χ1n) is 10.4. The summed E-state index contributed by atoms with van der Waals surface area (Å²) in [6, 6.07) is 8.79. The second kappa shape index (κ2) is 9.10. The third-order valence-electron chi connectivity index (χ3n) is 5.61. The lowest BCUT2D eigenvalue weighted by Crippen LogP contribution is -2.46. The Kier molecular flexibility index (Phi) is 6.83. The Bertz CT molecular complexity index is 1090. The highest BCUT2D eigenvalue weighted by atomic mass is 19.3. The maximum atomic E-state index is 14.2. The van der Waals surface area contributed by atoms with Crippen molar-refractivity contribution in [3.63, 3.8) is 0 Å². The Labute approximate surface area is 184 Å². The Morgan fingerprint density at radius 2 is 1.88 bits per heavy atom. The van der Waals surface area contributed by atoms with Crippen LogP contribution in [-0.2, 0) is 11.8 Å². The Morgan fingerprint density at radius 1 is 1.16 bits per heavy atom. The van der Waals surface area contributed by atoms with E-state index in [0.29, 0.717) is 28.2 Å². The third-order valence-corrected chi connectivity index (χ3v) is 5.61. The SMILES string of the molecule is Cc1ccc(F)cc1C(C)(CF)CC(O)(Cc1cc2nc(OC(C)C)ccc2[nH]1)C(F)F. The summed E-state index contributed by atoms with van der Waals surface area (Å²) in [5.41, 5.74) is -1.79. The maximum absolute atomic E-state index is 14.2. The molecule has 2 atom stereocenters. The summed E-state index contributed by atoms with van der Waals surface area (Å²) in [6.45, 7) is 5.77. The summed E-state index contributed by atoms with van der Waals surface area (Å²) in [7, 11) is 0. The van der Waals surface area contributed by atoms with E-state index in [1.54, 1.807) is 25.1 Å². The third kappa shape index (κ3) is 5.06. The second-order valence-electron chi connectivity index (χ2n) is 8.95. The quantitative estimate of drug-likeness (QED) is 0.412. The molecule has 32 heavy (non-hydrogen) atoms. The number of aromatic nitrogens is 2. The van der Waals surface area contributed by atoms with E-state index >= 15 is 0 Å². The van der Waals surface area contributed by atoms with Gasteiger partial charge in [-0.3, -0.25) is 4.39 Å². The van der Waals surface area contributed by atoms with Crippen molar-refractivity contribution in [2.24, 2.45) is 0 Å². The van der Waals surface area contributed by atoms with Crippen LogP contribution in [0.5, 0.6) is 5.88 Å². The monoisotopic (exact) mass is 452 g/mol. The van der Waals surface area contributed by atoms with E-state index in [1.165, 1.54) is 19.1 Å².